The van der Waals surface area contributed by atoms with E-state index in [9.17, 15) is 0 Å². The van der Waals surface area contributed by atoms with Gasteiger partial charge in [-0.3, -0.25) is 4.90 Å². The fraction of sp³-hybridized carbons (Fsp3) is 0.636. The van der Waals surface area contributed by atoms with Gasteiger partial charge in [0.05, 0.1) is 0 Å². The third-order valence-electron chi connectivity index (χ3n) is 2.46. The molecule has 1 heteroatoms. The van der Waals surface area contributed by atoms with Crippen molar-refractivity contribution in [2.24, 2.45) is 5.92 Å². The highest BCUT2D eigenvalue weighted by Gasteiger charge is 2.17. The van der Waals surface area contributed by atoms with Crippen molar-refractivity contribution in [2.45, 2.75) is 26.8 Å². The largest absolute Gasteiger partial charge is 0.293 e. The van der Waals surface area contributed by atoms with E-state index >= 15 is 0 Å². The summed E-state index contributed by atoms with van der Waals surface area (Å²) in [6.45, 7) is 12.8. The molecule has 1 rings (SSSR count). The molecular weight excluding hydrogens is 146 g/mol. The minimum Gasteiger partial charge on any atom is -0.293 e. The molecule has 0 bridgehead atoms. The Kier molecular flexibility index (Phi) is 3.10. The first-order valence-corrected chi connectivity index (χ1v) is 4.67. The van der Waals surface area contributed by atoms with Crippen molar-refractivity contribution >= 4 is 0 Å². The van der Waals surface area contributed by atoms with Crippen molar-refractivity contribution in [3.05, 3.63) is 24.3 Å². The minimum atomic E-state index is 0.510. The lowest BCUT2D eigenvalue weighted by atomic mass is 10.0. The molecule has 68 valence electrons. The molecule has 12 heavy (non-hydrogen) atoms. The summed E-state index contributed by atoms with van der Waals surface area (Å²) in [7, 11) is 0. The van der Waals surface area contributed by atoms with E-state index in [2.05, 4.69) is 38.3 Å². The Labute approximate surface area is 75.8 Å². The highest BCUT2D eigenvalue weighted by Crippen LogP contribution is 2.16. The van der Waals surface area contributed by atoms with Crippen LogP contribution < -0.4 is 0 Å². The Balaban J connectivity index is 2.60. The van der Waals surface area contributed by atoms with Crippen LogP contribution in [0.3, 0.4) is 0 Å². The lowest BCUT2D eigenvalue weighted by molar-refractivity contribution is 0.228. The second-order valence-electron chi connectivity index (χ2n) is 3.90. The topological polar surface area (TPSA) is 3.24 Å². The standard InChI is InChI=1S/C11H19N/c1-5-11(4)12-7-9(2)6-10(3)8-12/h5-6,9,11H,1,7-8H2,2-4H3. The first kappa shape index (κ1) is 9.53. The van der Waals surface area contributed by atoms with E-state index in [4.69, 9.17) is 0 Å². The molecule has 2 unspecified atom stereocenters. The van der Waals surface area contributed by atoms with Crippen molar-refractivity contribution in [3.8, 4) is 0 Å². The zero-order chi connectivity index (χ0) is 9.14. The second kappa shape index (κ2) is 3.90. The fourth-order valence-corrected chi connectivity index (χ4v) is 1.81. The van der Waals surface area contributed by atoms with Crippen LogP contribution in [0.25, 0.3) is 0 Å². The van der Waals surface area contributed by atoms with Gasteiger partial charge in [0.25, 0.3) is 0 Å². The van der Waals surface area contributed by atoms with Crippen molar-refractivity contribution in [1.82, 2.24) is 4.90 Å². The average molecular weight is 165 g/mol. The molecule has 0 saturated carbocycles. The summed E-state index contributed by atoms with van der Waals surface area (Å²) >= 11 is 0. The van der Waals surface area contributed by atoms with Crippen LogP contribution in [-0.4, -0.2) is 24.0 Å². The average Bonchev–Trinajstić information content (AvgIpc) is 2.01. The molecule has 1 aliphatic heterocycles. The Bertz CT molecular complexity index is 193. The molecule has 0 amide bonds. The van der Waals surface area contributed by atoms with Gasteiger partial charge in [-0.15, -0.1) is 6.58 Å². The number of rotatable bonds is 2. The second-order valence-corrected chi connectivity index (χ2v) is 3.90. The van der Waals surface area contributed by atoms with E-state index in [0.717, 1.165) is 6.54 Å². The van der Waals surface area contributed by atoms with Crippen molar-refractivity contribution in [2.75, 3.05) is 13.1 Å². The zero-order valence-corrected chi connectivity index (χ0v) is 8.38. The van der Waals surface area contributed by atoms with Gasteiger partial charge in [0.1, 0.15) is 0 Å². The van der Waals surface area contributed by atoms with E-state index in [0.29, 0.717) is 12.0 Å². The quantitative estimate of drug-likeness (QED) is 0.568. The predicted molar refractivity (Wildman–Crippen MR) is 54.2 cm³/mol. The van der Waals surface area contributed by atoms with Gasteiger partial charge in [0, 0.05) is 19.1 Å². The smallest absolute Gasteiger partial charge is 0.0250 e. The Hall–Kier alpha value is -0.560. The Morgan fingerprint density at radius 3 is 2.92 bits per heavy atom. The van der Waals surface area contributed by atoms with E-state index < -0.39 is 0 Å². The molecular formula is C11H19N. The summed E-state index contributed by atoms with van der Waals surface area (Å²) in [5, 5.41) is 0. The summed E-state index contributed by atoms with van der Waals surface area (Å²) in [4.78, 5) is 2.47. The molecule has 0 aliphatic carbocycles. The van der Waals surface area contributed by atoms with Crippen LogP contribution in [0.4, 0.5) is 0 Å². The van der Waals surface area contributed by atoms with Gasteiger partial charge < -0.3 is 0 Å². The maximum atomic E-state index is 3.82. The molecule has 2 atom stereocenters. The SMILES string of the molecule is C=CC(C)N1CC(C)=CC(C)C1. The number of hydrogen-bond donors (Lipinski definition) is 0. The maximum Gasteiger partial charge on any atom is 0.0250 e. The summed E-state index contributed by atoms with van der Waals surface area (Å²) in [6.07, 6.45) is 4.39. The van der Waals surface area contributed by atoms with Crippen LogP contribution in [-0.2, 0) is 0 Å². The highest BCUT2D eigenvalue weighted by atomic mass is 15.2. The van der Waals surface area contributed by atoms with E-state index in [1.165, 1.54) is 12.1 Å². The van der Waals surface area contributed by atoms with E-state index in [1.54, 1.807) is 0 Å². The molecule has 0 saturated heterocycles. The van der Waals surface area contributed by atoms with Gasteiger partial charge in [0.2, 0.25) is 0 Å². The van der Waals surface area contributed by atoms with Crippen LogP contribution in [0, 0.1) is 5.92 Å². The molecule has 0 aromatic heterocycles. The van der Waals surface area contributed by atoms with Gasteiger partial charge in [-0.2, -0.15) is 0 Å². The molecule has 0 fully saturated rings. The number of nitrogens with zero attached hydrogens (tertiary/aromatic N) is 1. The lowest BCUT2D eigenvalue weighted by Gasteiger charge is -2.33. The Morgan fingerprint density at radius 1 is 1.75 bits per heavy atom. The highest BCUT2D eigenvalue weighted by molar-refractivity contribution is 5.09. The van der Waals surface area contributed by atoms with E-state index in [1.807, 2.05) is 6.08 Å². The molecule has 1 nitrogen and oxygen atoms in total. The monoisotopic (exact) mass is 165 g/mol. The minimum absolute atomic E-state index is 0.510. The molecule has 0 radical (unpaired) electrons. The summed E-state index contributed by atoms with van der Waals surface area (Å²) in [5.74, 6) is 0.696. The third-order valence-corrected chi connectivity index (χ3v) is 2.46. The normalized spacial score (nSPS) is 27.9. The molecule has 0 aromatic rings. The van der Waals surface area contributed by atoms with Crippen LogP contribution in [0.5, 0.6) is 0 Å². The zero-order valence-electron chi connectivity index (χ0n) is 8.38. The van der Waals surface area contributed by atoms with Crippen LogP contribution >= 0.6 is 0 Å². The molecule has 1 heterocycles. The molecule has 0 aromatic carbocycles. The summed E-state index contributed by atoms with van der Waals surface area (Å²) < 4.78 is 0. The predicted octanol–water partition coefficient (Wildman–Crippen LogP) is 2.46. The number of hydrogen-bond acceptors (Lipinski definition) is 1. The molecule has 0 spiro atoms. The lowest BCUT2D eigenvalue weighted by Crippen LogP contribution is -2.38. The molecule has 0 N–H and O–H groups in total. The van der Waals surface area contributed by atoms with Crippen molar-refractivity contribution in [3.63, 3.8) is 0 Å². The van der Waals surface area contributed by atoms with Crippen LogP contribution in [0.2, 0.25) is 0 Å². The van der Waals surface area contributed by atoms with Crippen LogP contribution in [0.1, 0.15) is 20.8 Å². The maximum absolute atomic E-state index is 3.82. The van der Waals surface area contributed by atoms with Gasteiger partial charge >= 0.3 is 0 Å². The third kappa shape index (κ3) is 2.21. The van der Waals surface area contributed by atoms with Crippen molar-refractivity contribution in [1.29, 1.82) is 0 Å². The van der Waals surface area contributed by atoms with Crippen molar-refractivity contribution < 1.29 is 0 Å². The van der Waals surface area contributed by atoms with E-state index in [-0.39, 0.29) is 0 Å². The van der Waals surface area contributed by atoms with Gasteiger partial charge in [0.15, 0.2) is 0 Å². The van der Waals surface area contributed by atoms with Gasteiger partial charge in [-0.05, 0) is 19.8 Å². The first-order valence-electron chi connectivity index (χ1n) is 4.67. The Morgan fingerprint density at radius 2 is 2.42 bits per heavy atom. The summed E-state index contributed by atoms with van der Waals surface area (Å²) in [6, 6.07) is 0.510. The fourth-order valence-electron chi connectivity index (χ4n) is 1.81. The van der Waals surface area contributed by atoms with Gasteiger partial charge in [-0.25, -0.2) is 0 Å². The molecule has 1 aliphatic rings. The summed E-state index contributed by atoms with van der Waals surface area (Å²) in [5.41, 5.74) is 1.49. The van der Waals surface area contributed by atoms with Gasteiger partial charge in [-0.1, -0.05) is 24.6 Å². The van der Waals surface area contributed by atoms with Crippen LogP contribution in [0.15, 0.2) is 24.3 Å². The first-order chi connectivity index (χ1) is 5.63.